The van der Waals surface area contributed by atoms with Gasteiger partial charge < -0.3 is 19.2 Å². The van der Waals surface area contributed by atoms with Gasteiger partial charge in [0.05, 0.1) is 0 Å². The third-order valence-corrected chi connectivity index (χ3v) is 7.61. The van der Waals surface area contributed by atoms with Crippen LogP contribution in [0.15, 0.2) is 0 Å². The first-order valence-electron chi connectivity index (χ1n) is 5.61. The fraction of sp³-hybridized carbons (Fsp3) is 1.00. The summed E-state index contributed by atoms with van der Waals surface area (Å²) in [6.45, 7) is 1.10. The molecule has 4 nitrogen and oxygen atoms in total. The first-order chi connectivity index (χ1) is 7.25. The Balaban J connectivity index is 2.83. The summed E-state index contributed by atoms with van der Waals surface area (Å²) in [5, 5.41) is 0. The minimum Gasteiger partial charge on any atom is -0.377 e. The van der Waals surface area contributed by atoms with E-state index in [2.05, 4.69) is 4.98 Å². The quantitative estimate of drug-likeness (QED) is 0.486. The van der Waals surface area contributed by atoms with Gasteiger partial charge >= 0.3 is 0 Å². The molecular weight excluding hydrogens is 226 g/mol. The van der Waals surface area contributed by atoms with Crippen LogP contribution in [0.5, 0.6) is 0 Å². The number of hydrogen-bond acceptors (Lipinski definition) is 4. The summed E-state index contributed by atoms with van der Waals surface area (Å²) in [6.07, 6.45) is 1.32. The summed E-state index contributed by atoms with van der Waals surface area (Å²) in [4.78, 5) is 3.57. The number of rotatable bonds is 6. The highest BCUT2D eigenvalue weighted by atomic mass is 28.3. The first kappa shape index (κ1) is 13.3. The van der Waals surface area contributed by atoms with Crippen LogP contribution in [-0.2, 0) is 14.2 Å². The Bertz CT molecular complexity index is 176. The van der Waals surface area contributed by atoms with Gasteiger partial charge in [0.25, 0.3) is 0 Å². The largest absolute Gasteiger partial charge is 0.377 e. The van der Waals surface area contributed by atoms with E-state index in [1.807, 2.05) is 0 Å². The van der Waals surface area contributed by atoms with E-state index in [1.165, 1.54) is 12.5 Å². The molecule has 2 unspecified atom stereocenters. The highest BCUT2D eigenvalue weighted by Gasteiger charge is 2.48. The van der Waals surface area contributed by atoms with Crippen LogP contribution >= 0.6 is 0 Å². The third-order valence-electron chi connectivity index (χ3n) is 3.29. The lowest BCUT2D eigenvalue weighted by atomic mass is 10.4. The lowest BCUT2D eigenvalue weighted by molar-refractivity contribution is -0.208. The molecular formula is C9H23NO3Si2. The standard InChI is InChI=1S/C9H23NO3Si2/c1-11-8(7-14)9(12-2,13-3)15-6-4-5-10-15/h8,10,15H,4-7H2,1-3,14H3. The van der Waals surface area contributed by atoms with Gasteiger partial charge in [0.2, 0.25) is 0 Å². The summed E-state index contributed by atoms with van der Waals surface area (Å²) < 4.78 is 16.9. The van der Waals surface area contributed by atoms with Crippen molar-refractivity contribution in [2.24, 2.45) is 0 Å². The van der Waals surface area contributed by atoms with E-state index < -0.39 is 14.4 Å². The predicted molar refractivity (Wildman–Crippen MR) is 66.9 cm³/mol. The molecule has 0 amide bonds. The van der Waals surface area contributed by atoms with Crippen LogP contribution < -0.4 is 4.98 Å². The molecule has 0 bridgehead atoms. The Hall–Kier alpha value is 0.274. The highest BCUT2D eigenvalue weighted by molar-refractivity contribution is 6.60. The van der Waals surface area contributed by atoms with Gasteiger partial charge in [-0.25, -0.2) is 0 Å². The molecule has 0 saturated carbocycles. The van der Waals surface area contributed by atoms with E-state index in [1.54, 1.807) is 21.3 Å². The van der Waals surface area contributed by atoms with Gasteiger partial charge in [-0.3, -0.25) is 0 Å². The Morgan fingerprint density at radius 1 is 1.40 bits per heavy atom. The van der Waals surface area contributed by atoms with E-state index >= 15 is 0 Å². The zero-order chi connectivity index (χ0) is 11.3. The summed E-state index contributed by atoms with van der Waals surface area (Å²) in [6, 6.07) is 2.27. The molecule has 0 aromatic heterocycles. The molecule has 6 heteroatoms. The highest BCUT2D eigenvalue weighted by Crippen LogP contribution is 2.28. The van der Waals surface area contributed by atoms with Gasteiger partial charge in [-0.2, -0.15) is 0 Å². The Morgan fingerprint density at radius 3 is 2.40 bits per heavy atom. The maximum Gasteiger partial charge on any atom is 0.188 e. The topological polar surface area (TPSA) is 39.7 Å². The van der Waals surface area contributed by atoms with E-state index in [0.717, 1.165) is 22.8 Å². The first-order valence-corrected chi connectivity index (χ1v) is 9.00. The Labute approximate surface area is 96.8 Å². The molecule has 1 rings (SSSR count). The summed E-state index contributed by atoms with van der Waals surface area (Å²) in [5.74, 6) is 0. The second-order valence-electron chi connectivity index (χ2n) is 3.91. The molecule has 1 saturated heterocycles. The fourth-order valence-corrected chi connectivity index (χ4v) is 7.32. The van der Waals surface area contributed by atoms with E-state index in [-0.39, 0.29) is 6.10 Å². The van der Waals surface area contributed by atoms with Crippen molar-refractivity contribution in [3.63, 3.8) is 0 Å². The van der Waals surface area contributed by atoms with Crippen molar-refractivity contribution in [2.45, 2.75) is 30.0 Å². The molecule has 0 aliphatic carbocycles. The smallest absolute Gasteiger partial charge is 0.188 e. The molecule has 1 fully saturated rings. The fourth-order valence-electron chi connectivity index (χ4n) is 2.50. The van der Waals surface area contributed by atoms with Crippen LogP contribution in [0.3, 0.4) is 0 Å². The molecule has 90 valence electrons. The van der Waals surface area contributed by atoms with Gasteiger partial charge in [0, 0.05) is 31.6 Å². The van der Waals surface area contributed by atoms with Crippen molar-refractivity contribution in [3.05, 3.63) is 0 Å². The van der Waals surface area contributed by atoms with Crippen molar-refractivity contribution in [1.29, 1.82) is 0 Å². The minimum absolute atomic E-state index is 0.0847. The Morgan fingerprint density at radius 2 is 2.07 bits per heavy atom. The molecule has 15 heavy (non-hydrogen) atoms. The van der Waals surface area contributed by atoms with Crippen molar-refractivity contribution < 1.29 is 14.2 Å². The van der Waals surface area contributed by atoms with Crippen LogP contribution in [0, 0.1) is 0 Å². The summed E-state index contributed by atoms with van der Waals surface area (Å²) in [7, 11) is 5.10. The van der Waals surface area contributed by atoms with Crippen LogP contribution in [-0.4, -0.2) is 58.6 Å². The monoisotopic (exact) mass is 249 g/mol. The van der Waals surface area contributed by atoms with Crippen molar-refractivity contribution in [1.82, 2.24) is 4.98 Å². The van der Waals surface area contributed by atoms with Gasteiger partial charge in [0.15, 0.2) is 14.4 Å². The van der Waals surface area contributed by atoms with E-state index in [4.69, 9.17) is 14.2 Å². The van der Waals surface area contributed by atoms with Crippen LogP contribution in [0.1, 0.15) is 6.42 Å². The molecule has 1 heterocycles. The molecule has 2 atom stereocenters. The van der Waals surface area contributed by atoms with Crippen LogP contribution in [0.25, 0.3) is 0 Å². The molecule has 1 aliphatic heterocycles. The zero-order valence-corrected chi connectivity index (χ0v) is 13.4. The molecule has 0 spiro atoms. The van der Waals surface area contributed by atoms with Gasteiger partial charge in [0.1, 0.15) is 6.10 Å². The average Bonchev–Trinajstić information content (AvgIpc) is 2.80. The summed E-state index contributed by atoms with van der Waals surface area (Å²) >= 11 is 0. The van der Waals surface area contributed by atoms with Crippen molar-refractivity contribution >= 4 is 19.2 Å². The second kappa shape index (κ2) is 6.12. The molecule has 0 aromatic carbocycles. The second-order valence-corrected chi connectivity index (χ2v) is 7.62. The summed E-state index contributed by atoms with van der Waals surface area (Å²) in [5.41, 5.74) is -0.479. The van der Waals surface area contributed by atoms with Gasteiger partial charge in [-0.15, -0.1) is 0 Å². The van der Waals surface area contributed by atoms with E-state index in [0.29, 0.717) is 0 Å². The van der Waals surface area contributed by atoms with Gasteiger partial charge in [-0.1, -0.05) is 0 Å². The van der Waals surface area contributed by atoms with Crippen LogP contribution in [0.2, 0.25) is 12.1 Å². The maximum absolute atomic E-state index is 5.69. The van der Waals surface area contributed by atoms with Gasteiger partial charge in [-0.05, 0) is 25.1 Å². The Kier molecular flexibility index (Phi) is 5.44. The molecule has 0 radical (unpaired) electrons. The molecule has 0 aromatic rings. The SMILES string of the molecule is COC(C[SiH3])C(OC)(OC)[SiH]1CCCN1. The van der Waals surface area contributed by atoms with Crippen molar-refractivity contribution in [3.8, 4) is 0 Å². The number of nitrogens with one attached hydrogen (secondary N) is 1. The lowest BCUT2D eigenvalue weighted by Gasteiger charge is -2.40. The lowest BCUT2D eigenvalue weighted by Crippen LogP contribution is -2.62. The number of methoxy groups -OCH3 is 3. The normalized spacial score (nSPS) is 24.6. The molecule has 1 aliphatic rings. The maximum atomic E-state index is 5.69. The van der Waals surface area contributed by atoms with Crippen molar-refractivity contribution in [2.75, 3.05) is 27.9 Å². The zero-order valence-electron chi connectivity index (χ0n) is 10.2. The minimum atomic E-state index is -1.22. The number of ether oxygens (including phenoxy) is 3. The van der Waals surface area contributed by atoms with Crippen LogP contribution in [0.4, 0.5) is 0 Å². The number of hydrogen-bond donors (Lipinski definition) is 1. The predicted octanol–water partition coefficient (Wildman–Crippen LogP) is -0.969. The van der Waals surface area contributed by atoms with E-state index in [9.17, 15) is 0 Å². The average molecular weight is 249 g/mol. The third kappa shape index (κ3) is 2.51. The molecule has 1 N–H and O–H groups in total.